The second kappa shape index (κ2) is 6.93. The van der Waals surface area contributed by atoms with E-state index in [9.17, 15) is 9.90 Å². The molecule has 2 N–H and O–H groups in total. The number of piperidine rings is 1. The van der Waals surface area contributed by atoms with Crippen LogP contribution in [0.1, 0.15) is 43.2 Å². The van der Waals surface area contributed by atoms with Crippen LogP contribution in [0, 0.1) is 0 Å². The molecule has 1 aromatic heterocycles. The quantitative estimate of drug-likeness (QED) is 0.880. The number of aliphatic hydroxyl groups is 1. The van der Waals surface area contributed by atoms with Gasteiger partial charge in [0, 0.05) is 36.6 Å². The summed E-state index contributed by atoms with van der Waals surface area (Å²) in [5.74, 6) is 0.763. The van der Waals surface area contributed by atoms with Crippen molar-refractivity contribution in [3.05, 3.63) is 30.0 Å². The lowest BCUT2D eigenvalue weighted by molar-refractivity contribution is 0.0844. The molecule has 3 heterocycles. The van der Waals surface area contributed by atoms with Crippen molar-refractivity contribution in [3.8, 4) is 5.75 Å². The fraction of sp³-hybridized carbons (Fsp3) is 0.550. The summed E-state index contributed by atoms with van der Waals surface area (Å²) in [6.45, 7) is 7.08. The largest absolute Gasteiger partial charge is 0.490 e. The van der Waals surface area contributed by atoms with Crippen LogP contribution in [0.25, 0.3) is 10.9 Å². The molecule has 1 aromatic carbocycles. The number of nitrogens with one attached hydrogen (secondary N) is 1. The molecule has 1 atom stereocenters. The van der Waals surface area contributed by atoms with Gasteiger partial charge in [-0.15, -0.1) is 0 Å². The number of amides is 1. The summed E-state index contributed by atoms with van der Waals surface area (Å²) in [6.07, 6.45) is 2.32. The molecule has 2 aliphatic heterocycles. The first-order valence-corrected chi connectivity index (χ1v) is 9.51. The fourth-order valence-electron chi connectivity index (χ4n) is 4.10. The molecule has 2 aliphatic rings. The van der Waals surface area contributed by atoms with Gasteiger partial charge in [-0.3, -0.25) is 4.79 Å². The van der Waals surface area contributed by atoms with E-state index < -0.39 is 0 Å². The lowest BCUT2D eigenvalue weighted by Crippen LogP contribution is -2.41. The lowest BCUT2D eigenvalue weighted by Gasteiger charge is -2.34. The van der Waals surface area contributed by atoms with Crippen molar-refractivity contribution in [1.29, 1.82) is 0 Å². The van der Waals surface area contributed by atoms with E-state index in [0.29, 0.717) is 18.3 Å². The second-order valence-electron chi connectivity index (χ2n) is 7.61. The highest BCUT2D eigenvalue weighted by molar-refractivity contribution is 6.00. The van der Waals surface area contributed by atoms with E-state index in [1.165, 1.54) is 0 Å². The van der Waals surface area contributed by atoms with Crippen LogP contribution in [-0.2, 0) is 0 Å². The van der Waals surface area contributed by atoms with Gasteiger partial charge < -0.3 is 24.6 Å². The van der Waals surface area contributed by atoms with Crippen molar-refractivity contribution >= 4 is 16.8 Å². The van der Waals surface area contributed by atoms with Crippen LogP contribution in [0.5, 0.6) is 5.75 Å². The van der Waals surface area contributed by atoms with Crippen molar-refractivity contribution in [2.75, 3.05) is 26.2 Å². The smallest absolute Gasteiger partial charge is 0.268 e. The maximum absolute atomic E-state index is 12.2. The van der Waals surface area contributed by atoms with Gasteiger partial charge in [-0.1, -0.05) is 0 Å². The lowest BCUT2D eigenvalue weighted by atomic mass is 10.1. The average Bonchev–Trinajstić information content (AvgIpc) is 3.02. The van der Waals surface area contributed by atoms with Gasteiger partial charge in [-0.05, 0) is 51.0 Å². The third-order valence-corrected chi connectivity index (χ3v) is 5.63. The third kappa shape index (κ3) is 3.08. The number of ether oxygens (including phenoxy) is 1. The first-order chi connectivity index (χ1) is 12.6. The molecular weight excluding hydrogens is 330 g/mol. The minimum Gasteiger partial charge on any atom is -0.490 e. The summed E-state index contributed by atoms with van der Waals surface area (Å²) in [6, 6.07) is 8.35. The second-order valence-corrected chi connectivity index (χ2v) is 7.61. The minimum atomic E-state index is -0.118. The van der Waals surface area contributed by atoms with Crippen LogP contribution in [-0.4, -0.2) is 58.9 Å². The zero-order valence-electron chi connectivity index (χ0n) is 15.4. The Bertz CT molecular complexity index is 806. The van der Waals surface area contributed by atoms with Crippen LogP contribution in [0.2, 0.25) is 0 Å². The molecule has 140 valence electrons. The first kappa shape index (κ1) is 17.4. The minimum absolute atomic E-state index is 0.00371. The van der Waals surface area contributed by atoms with Crippen LogP contribution < -0.4 is 10.1 Å². The third-order valence-electron chi connectivity index (χ3n) is 5.63. The number of carbonyl (C=O) groups is 1. The number of likely N-dealkylation sites (tertiary alicyclic amines) is 1. The molecule has 0 radical (unpaired) electrons. The van der Waals surface area contributed by atoms with Crippen molar-refractivity contribution in [2.24, 2.45) is 0 Å². The van der Waals surface area contributed by atoms with E-state index in [1.807, 2.05) is 28.8 Å². The normalized spacial score (nSPS) is 21.8. The molecular formula is C20H27N3O3. The fourth-order valence-corrected chi connectivity index (χ4v) is 4.10. The number of benzene rings is 1. The Balaban J connectivity index is 1.55. The molecule has 0 saturated carbocycles. The Morgan fingerprint density at radius 3 is 2.73 bits per heavy atom. The van der Waals surface area contributed by atoms with Gasteiger partial charge in [0.2, 0.25) is 0 Å². The number of nitrogens with zero attached hydrogens (tertiary/aromatic N) is 2. The molecule has 26 heavy (non-hydrogen) atoms. The monoisotopic (exact) mass is 357 g/mol. The van der Waals surface area contributed by atoms with Crippen molar-refractivity contribution < 1.29 is 14.6 Å². The predicted octanol–water partition coefficient (Wildman–Crippen LogP) is 2.17. The molecule has 2 aromatic rings. The topological polar surface area (TPSA) is 66.7 Å². The summed E-state index contributed by atoms with van der Waals surface area (Å²) in [5, 5.41) is 13.4. The van der Waals surface area contributed by atoms with E-state index in [0.717, 1.165) is 42.6 Å². The van der Waals surface area contributed by atoms with E-state index in [1.54, 1.807) is 0 Å². The number of aromatic nitrogens is 1. The van der Waals surface area contributed by atoms with Crippen LogP contribution in [0.3, 0.4) is 0 Å². The number of rotatable bonds is 4. The van der Waals surface area contributed by atoms with Gasteiger partial charge in [0.25, 0.3) is 5.91 Å². The Hall–Kier alpha value is -2.05. The van der Waals surface area contributed by atoms with Crippen molar-refractivity contribution in [3.63, 3.8) is 0 Å². The molecule has 6 heteroatoms. The average molecular weight is 357 g/mol. The highest BCUT2D eigenvalue weighted by atomic mass is 16.5. The highest BCUT2D eigenvalue weighted by Crippen LogP contribution is 2.30. The summed E-state index contributed by atoms with van der Waals surface area (Å²) in [7, 11) is 0. The van der Waals surface area contributed by atoms with Gasteiger partial charge in [0.15, 0.2) is 0 Å². The summed E-state index contributed by atoms with van der Waals surface area (Å²) >= 11 is 0. The molecule has 0 aliphatic carbocycles. The van der Waals surface area contributed by atoms with Gasteiger partial charge >= 0.3 is 0 Å². The van der Waals surface area contributed by atoms with E-state index >= 15 is 0 Å². The number of hydrogen-bond donors (Lipinski definition) is 2. The molecule has 1 fully saturated rings. The molecule has 0 spiro atoms. The molecule has 1 amide bonds. The van der Waals surface area contributed by atoms with Crippen molar-refractivity contribution in [1.82, 2.24) is 14.8 Å². The van der Waals surface area contributed by atoms with E-state index in [-0.39, 0.29) is 24.7 Å². The maximum atomic E-state index is 12.2. The number of fused-ring (bicyclic) bond motifs is 3. The molecule has 0 unspecified atom stereocenters. The zero-order valence-corrected chi connectivity index (χ0v) is 15.4. The predicted molar refractivity (Wildman–Crippen MR) is 101 cm³/mol. The molecule has 4 rings (SSSR count). The summed E-state index contributed by atoms with van der Waals surface area (Å²) in [5.41, 5.74) is 1.57. The zero-order chi connectivity index (χ0) is 18.3. The SMILES string of the molecule is CC(C)N1CCC(Oc2ccc3c(c2)cc2n3[C@H](CO)CNC2=O)CC1. The number of aliphatic hydroxyl groups excluding tert-OH is 1. The first-order valence-electron chi connectivity index (χ1n) is 9.51. The maximum Gasteiger partial charge on any atom is 0.268 e. The summed E-state index contributed by atoms with van der Waals surface area (Å²) < 4.78 is 8.16. The van der Waals surface area contributed by atoms with E-state index in [4.69, 9.17) is 4.74 Å². The number of hydrogen-bond acceptors (Lipinski definition) is 4. The Kier molecular flexibility index (Phi) is 4.63. The Labute approximate surface area is 153 Å². The Morgan fingerprint density at radius 2 is 2.04 bits per heavy atom. The molecule has 0 bridgehead atoms. The number of carbonyl (C=O) groups excluding carboxylic acids is 1. The van der Waals surface area contributed by atoms with Crippen LogP contribution in [0.15, 0.2) is 24.3 Å². The van der Waals surface area contributed by atoms with Crippen molar-refractivity contribution in [2.45, 2.75) is 44.9 Å². The van der Waals surface area contributed by atoms with Gasteiger partial charge in [0.05, 0.1) is 12.6 Å². The van der Waals surface area contributed by atoms with Gasteiger partial charge in [-0.2, -0.15) is 0 Å². The Morgan fingerprint density at radius 1 is 1.27 bits per heavy atom. The standard InChI is InChI=1S/C20H27N3O3/c1-13(2)22-7-5-16(6-8-22)26-17-3-4-18-14(9-17)10-19-20(25)21-11-15(12-24)23(18)19/h3-4,9-10,13,15-16,24H,5-8,11-12H2,1-2H3,(H,21,25)/t15-/m0/s1. The van der Waals surface area contributed by atoms with Crippen LogP contribution in [0.4, 0.5) is 0 Å². The van der Waals surface area contributed by atoms with Gasteiger partial charge in [0.1, 0.15) is 17.5 Å². The van der Waals surface area contributed by atoms with Gasteiger partial charge in [-0.25, -0.2) is 0 Å². The molecule has 6 nitrogen and oxygen atoms in total. The van der Waals surface area contributed by atoms with Crippen LogP contribution >= 0.6 is 0 Å². The summed E-state index contributed by atoms with van der Waals surface area (Å²) in [4.78, 5) is 14.6. The van der Waals surface area contributed by atoms with E-state index in [2.05, 4.69) is 24.1 Å². The molecule has 1 saturated heterocycles. The highest BCUT2D eigenvalue weighted by Gasteiger charge is 2.27.